The molecule has 0 bridgehead atoms. The van der Waals surface area contributed by atoms with Crippen molar-refractivity contribution in [3.05, 3.63) is 118 Å². The number of ether oxygens (including phenoxy) is 4. The molecule has 2 fully saturated rings. The van der Waals surface area contributed by atoms with Crippen molar-refractivity contribution in [2.24, 2.45) is 11.5 Å². The van der Waals surface area contributed by atoms with E-state index in [0.717, 1.165) is 10.6 Å². The highest BCUT2D eigenvalue weighted by Gasteiger charge is 2.55. The third-order valence-electron chi connectivity index (χ3n) is 10.5. The maximum Gasteiger partial charge on any atom is 0.459 e. The number of nitrogens with one attached hydrogen (secondary N) is 4. The number of aliphatic hydroxyl groups is 2. The van der Waals surface area contributed by atoms with Crippen molar-refractivity contribution in [3.8, 4) is 11.5 Å². The van der Waals surface area contributed by atoms with E-state index in [9.17, 15) is 43.3 Å². The van der Waals surface area contributed by atoms with Gasteiger partial charge in [-0.05, 0) is 52.0 Å². The number of nitrogens with zero attached hydrogens (tertiary/aromatic N) is 2. The standard InChI is InChI=1S/C21H29N4O8P.C20H27N4O9P/c1-13(19(28)30-4)24-34(29,33-15-8-6-5-7-9-15)31-12-16-18(27)21(3,22)20(32-16)25-11-10-17(26)23-14(25)2;1-12(17(27)30-3)23-34(29,33-13-7-5-4-6-8-13)31-11-14-16(26)20(2,21)18(32-14)24-10-9-15(25)22-19(24)28/h5-11,13,16,18,20,27H,2,12,22H2,1,3-4H3,(H,23,26)(H,24,29);4-10,12,14,16,18,26H,11,21H2,1-3H3,(H,23,29)(H,22,25,28)/t13-,16+,18+,20+,21+,34-;12-,14+,16+,18+,20+,34+/m00/s1. The number of hydrogen-bond acceptors (Lipinski definition) is 20. The Kier molecular flexibility index (Phi) is 17.5. The molecule has 12 atom stereocenters. The molecule has 1 aromatic heterocycles. The summed E-state index contributed by atoms with van der Waals surface area (Å²) in [4.78, 5) is 62.4. The summed E-state index contributed by atoms with van der Waals surface area (Å²) in [6.45, 7) is 8.77. The minimum atomic E-state index is -4.19. The van der Waals surface area contributed by atoms with Crippen LogP contribution < -0.4 is 47.3 Å². The molecule has 3 aliphatic rings. The molecule has 0 unspecified atom stereocenters. The van der Waals surface area contributed by atoms with Gasteiger partial charge in [0.2, 0.25) is 0 Å². The fourth-order valence-electron chi connectivity index (χ4n) is 6.87. The number of aromatic nitrogens is 2. The number of carbonyl (C=O) groups is 3. The zero-order valence-corrected chi connectivity index (χ0v) is 39.6. The van der Waals surface area contributed by atoms with E-state index in [0.29, 0.717) is 0 Å². The quantitative estimate of drug-likeness (QED) is 0.0633. The summed E-state index contributed by atoms with van der Waals surface area (Å²) in [5, 5.41) is 29.1. The Morgan fingerprint density at radius 2 is 1.24 bits per heavy atom. The van der Waals surface area contributed by atoms with Crippen LogP contribution in [0.2, 0.25) is 0 Å². The van der Waals surface area contributed by atoms with Gasteiger partial charge in [-0.3, -0.25) is 37.8 Å². The van der Waals surface area contributed by atoms with Gasteiger partial charge >= 0.3 is 33.1 Å². The number of aliphatic hydroxyl groups excluding tert-OH is 2. The van der Waals surface area contributed by atoms with Gasteiger partial charge in [-0.15, -0.1) is 0 Å². The van der Waals surface area contributed by atoms with E-state index in [1.54, 1.807) is 55.5 Å². The molecule has 27 heteroatoms. The largest absolute Gasteiger partial charge is 0.468 e. The Labute approximate surface area is 389 Å². The van der Waals surface area contributed by atoms with Gasteiger partial charge in [0.05, 0.1) is 38.5 Å². The maximum absolute atomic E-state index is 13.5. The summed E-state index contributed by atoms with van der Waals surface area (Å²) in [6.07, 6.45) is -2.97. The molecule has 0 aliphatic carbocycles. The first-order chi connectivity index (χ1) is 31.9. The van der Waals surface area contributed by atoms with Crippen molar-refractivity contribution in [2.45, 2.75) is 87.7 Å². The summed E-state index contributed by atoms with van der Waals surface area (Å²) >= 11 is 0. The van der Waals surface area contributed by atoms with Crippen molar-refractivity contribution < 1.29 is 70.8 Å². The monoisotopic (exact) mass is 994 g/mol. The van der Waals surface area contributed by atoms with Crippen LogP contribution in [0.4, 0.5) is 0 Å². The summed E-state index contributed by atoms with van der Waals surface area (Å²) in [6, 6.07) is 15.4. The number of nitrogens with two attached hydrogens (primary N) is 2. The van der Waals surface area contributed by atoms with E-state index >= 15 is 0 Å². The SMILES string of the molecule is C=C1NC(=O)C=CN1[C@@H]1O[C@H](CO[P@@](=O)(N[C@@H](C)C(=O)OC)Oc2ccccc2)[C@@H](O)[C@@]1(C)N.COC(=O)[C@H](C)N[P@@](=O)(OC[C@H]1O[C@@H](n2ccc(=O)[nH]c2=O)[C@](C)(N)[C@@H]1O)Oc1ccccc1. The number of para-hydroxylation sites is 2. The average Bonchev–Trinajstić information content (AvgIpc) is 3.65. The van der Waals surface area contributed by atoms with Crippen LogP contribution >= 0.6 is 15.5 Å². The lowest BCUT2D eigenvalue weighted by Crippen LogP contribution is -2.59. The fourth-order valence-corrected chi connectivity index (χ4v) is 9.88. The summed E-state index contributed by atoms with van der Waals surface area (Å²) in [5.74, 6) is -1.09. The lowest BCUT2D eigenvalue weighted by atomic mass is 9.93. The fraction of sp³-hybridized carbons (Fsp3) is 0.439. The lowest BCUT2D eigenvalue weighted by molar-refractivity contribution is -0.143. The first-order valence-electron chi connectivity index (χ1n) is 20.7. The van der Waals surface area contributed by atoms with Crippen LogP contribution in [-0.4, -0.2) is 124 Å². The van der Waals surface area contributed by atoms with Crippen LogP contribution in [0, 0.1) is 0 Å². The Hall–Kier alpha value is -5.53. The van der Waals surface area contributed by atoms with Crippen LogP contribution in [0.25, 0.3) is 0 Å². The van der Waals surface area contributed by atoms with Crippen molar-refractivity contribution in [3.63, 3.8) is 0 Å². The molecule has 3 aromatic rings. The number of aromatic amines is 1. The maximum atomic E-state index is 13.5. The van der Waals surface area contributed by atoms with Gasteiger partial charge in [0.25, 0.3) is 11.5 Å². The third-order valence-corrected chi connectivity index (χ3v) is 13.8. The highest BCUT2D eigenvalue weighted by atomic mass is 31.2. The zero-order chi connectivity index (χ0) is 50.2. The molecule has 68 heavy (non-hydrogen) atoms. The molecule has 372 valence electrons. The number of esters is 2. The van der Waals surface area contributed by atoms with Gasteiger partial charge in [0, 0.05) is 24.5 Å². The normalized spacial score (nSPS) is 28.2. The number of hydrogen-bond donors (Lipinski definition) is 8. The first kappa shape index (κ1) is 53.4. The summed E-state index contributed by atoms with van der Waals surface area (Å²) in [7, 11) is -5.96. The smallest absolute Gasteiger partial charge is 0.459 e. The molecule has 4 heterocycles. The van der Waals surface area contributed by atoms with Crippen molar-refractivity contribution in [2.75, 3.05) is 27.4 Å². The molecule has 2 aromatic carbocycles. The first-order valence-corrected chi connectivity index (χ1v) is 23.7. The minimum absolute atomic E-state index is 0.199. The van der Waals surface area contributed by atoms with Gasteiger partial charge in [-0.2, -0.15) is 10.2 Å². The molecular weight excluding hydrogens is 938 g/mol. The molecule has 2 saturated heterocycles. The number of carbonyl (C=O) groups excluding carboxylic acids is 3. The van der Waals surface area contributed by atoms with E-state index in [1.807, 2.05) is 0 Å². The second kappa shape index (κ2) is 22.3. The molecule has 6 rings (SSSR count). The second-order valence-electron chi connectivity index (χ2n) is 16.0. The van der Waals surface area contributed by atoms with Crippen LogP contribution in [0.15, 0.2) is 107 Å². The molecule has 3 aliphatic heterocycles. The van der Waals surface area contributed by atoms with E-state index in [4.69, 9.17) is 39.0 Å². The Balaban J connectivity index is 0.000000254. The van der Waals surface area contributed by atoms with Crippen molar-refractivity contribution >= 4 is 33.3 Å². The van der Waals surface area contributed by atoms with E-state index in [2.05, 4.69) is 36.5 Å². The number of H-pyrrole nitrogens is 1. The summed E-state index contributed by atoms with van der Waals surface area (Å²) in [5.41, 5.74) is 8.40. The Bertz CT molecular complexity index is 2510. The van der Waals surface area contributed by atoms with Gasteiger partial charge in [-0.1, -0.05) is 43.0 Å². The van der Waals surface area contributed by atoms with Crippen LogP contribution in [0.3, 0.4) is 0 Å². The van der Waals surface area contributed by atoms with Gasteiger partial charge in [0.1, 0.15) is 53.8 Å². The lowest BCUT2D eigenvalue weighted by Gasteiger charge is -2.37. The van der Waals surface area contributed by atoms with E-state index in [1.165, 1.54) is 70.5 Å². The highest BCUT2D eigenvalue weighted by molar-refractivity contribution is 7.52. The van der Waals surface area contributed by atoms with E-state index < -0.39 is 112 Å². The van der Waals surface area contributed by atoms with Gasteiger partial charge < -0.3 is 59.9 Å². The van der Waals surface area contributed by atoms with Crippen molar-refractivity contribution in [1.29, 1.82) is 0 Å². The number of methoxy groups -OCH3 is 2. The minimum Gasteiger partial charge on any atom is -0.468 e. The predicted octanol–water partition coefficient (Wildman–Crippen LogP) is 0.428. The predicted molar refractivity (Wildman–Crippen MR) is 240 cm³/mol. The Morgan fingerprint density at radius 1 is 0.794 bits per heavy atom. The van der Waals surface area contributed by atoms with Crippen LogP contribution in [0.1, 0.15) is 33.9 Å². The second-order valence-corrected chi connectivity index (χ2v) is 19.4. The number of benzene rings is 2. The molecular formula is C41H56N8O17P2. The van der Waals surface area contributed by atoms with E-state index in [-0.39, 0.29) is 23.2 Å². The average molecular weight is 995 g/mol. The molecule has 0 saturated carbocycles. The van der Waals surface area contributed by atoms with Crippen LogP contribution in [0.5, 0.6) is 11.5 Å². The Morgan fingerprint density at radius 3 is 1.66 bits per heavy atom. The van der Waals surface area contributed by atoms with Crippen molar-refractivity contribution in [1.82, 2.24) is 29.9 Å². The topological polar surface area (TPSA) is 346 Å². The van der Waals surface area contributed by atoms with Gasteiger partial charge in [-0.25, -0.2) is 13.9 Å². The summed E-state index contributed by atoms with van der Waals surface area (Å²) < 4.78 is 71.1. The van der Waals surface area contributed by atoms with Gasteiger partial charge in [0.15, 0.2) is 12.5 Å². The molecule has 1 amide bonds. The molecule has 10 N–H and O–H groups in total. The number of rotatable bonds is 18. The molecule has 0 spiro atoms. The molecule has 0 radical (unpaired) electrons. The van der Waals surface area contributed by atoms with Crippen LogP contribution in [-0.2, 0) is 51.5 Å². The highest BCUT2D eigenvalue weighted by Crippen LogP contribution is 2.48. The number of amides is 1. The molecule has 25 nitrogen and oxygen atoms in total. The third kappa shape index (κ3) is 13.0. The zero-order valence-electron chi connectivity index (χ0n) is 37.8.